The number of benzene rings is 1. The zero-order valence-electron chi connectivity index (χ0n) is 12.8. The van der Waals surface area contributed by atoms with E-state index in [2.05, 4.69) is 5.32 Å². The van der Waals surface area contributed by atoms with Crippen LogP contribution in [0.4, 0.5) is 4.39 Å². The third-order valence-corrected chi connectivity index (χ3v) is 3.89. The van der Waals surface area contributed by atoms with E-state index in [1.165, 1.54) is 25.3 Å². The molecule has 1 aliphatic rings. The monoisotopic (exact) mass is 341 g/mol. The molecule has 1 aromatic rings. The minimum Gasteiger partial charge on any atom is -0.460 e. The Bertz CT molecular complexity index is 639. The molecule has 1 unspecified atom stereocenters. The largest absolute Gasteiger partial charge is 0.460 e. The molecule has 7 heteroatoms. The van der Waals surface area contributed by atoms with E-state index >= 15 is 0 Å². The number of nitrogens with one attached hydrogen (secondary N) is 1. The van der Waals surface area contributed by atoms with E-state index < -0.39 is 17.7 Å². The third-order valence-electron chi connectivity index (χ3n) is 3.56. The molecule has 2 rings (SSSR count). The van der Waals surface area contributed by atoms with Crippen molar-refractivity contribution in [3.05, 3.63) is 45.9 Å². The smallest absolute Gasteiger partial charge is 0.336 e. The molecule has 1 heterocycles. The van der Waals surface area contributed by atoms with Crippen LogP contribution in [0.1, 0.15) is 24.8 Å². The lowest BCUT2D eigenvalue weighted by Crippen LogP contribution is -2.34. The number of esters is 1. The maximum atomic E-state index is 14.2. The second kappa shape index (κ2) is 7.57. The number of rotatable bonds is 5. The summed E-state index contributed by atoms with van der Waals surface area (Å²) in [6.07, 6.45) is -0.0767. The van der Waals surface area contributed by atoms with Gasteiger partial charge in [0.15, 0.2) is 0 Å². The molecule has 0 fully saturated rings. The van der Waals surface area contributed by atoms with Crippen molar-refractivity contribution in [1.29, 1.82) is 0 Å². The van der Waals surface area contributed by atoms with Gasteiger partial charge in [0.05, 0.1) is 12.2 Å². The second-order valence-corrected chi connectivity index (χ2v) is 5.51. The van der Waals surface area contributed by atoms with Crippen molar-refractivity contribution in [3.8, 4) is 0 Å². The summed E-state index contributed by atoms with van der Waals surface area (Å²) >= 11 is 6.09. The lowest BCUT2D eigenvalue weighted by molar-refractivity contribution is -0.141. The molecule has 1 amide bonds. The van der Waals surface area contributed by atoms with Crippen molar-refractivity contribution >= 4 is 23.5 Å². The van der Waals surface area contributed by atoms with E-state index in [4.69, 9.17) is 21.1 Å². The van der Waals surface area contributed by atoms with Crippen LogP contribution in [0.5, 0.6) is 0 Å². The highest BCUT2D eigenvalue weighted by molar-refractivity contribution is 6.31. The fourth-order valence-corrected chi connectivity index (χ4v) is 2.85. The van der Waals surface area contributed by atoms with Gasteiger partial charge in [-0.3, -0.25) is 4.79 Å². The predicted molar refractivity (Wildman–Crippen MR) is 82.4 cm³/mol. The number of amides is 1. The molecule has 1 aromatic carbocycles. The Kier molecular flexibility index (Phi) is 5.74. The molecular weight excluding hydrogens is 325 g/mol. The minimum atomic E-state index is -0.785. The van der Waals surface area contributed by atoms with Gasteiger partial charge in [-0.05, 0) is 19.1 Å². The molecule has 23 heavy (non-hydrogen) atoms. The molecule has 5 nitrogen and oxygen atoms in total. The summed E-state index contributed by atoms with van der Waals surface area (Å²) in [6.45, 7) is 1.89. The van der Waals surface area contributed by atoms with Gasteiger partial charge < -0.3 is 14.8 Å². The van der Waals surface area contributed by atoms with Gasteiger partial charge in [-0.1, -0.05) is 17.7 Å². The molecular formula is C16H17ClFNO4. The SMILES string of the molecule is COCCOC(=O)C1=C(C)NC(=O)CC1c1c(F)cccc1Cl. The normalized spacial score (nSPS) is 17.9. The van der Waals surface area contributed by atoms with Crippen LogP contribution in [-0.4, -0.2) is 32.2 Å². The Balaban J connectivity index is 2.40. The van der Waals surface area contributed by atoms with E-state index in [9.17, 15) is 14.0 Å². The predicted octanol–water partition coefficient (Wildman–Crippen LogP) is 2.55. The summed E-state index contributed by atoms with van der Waals surface area (Å²) in [5, 5.41) is 2.75. The molecule has 0 aliphatic carbocycles. The Hall–Kier alpha value is -1.92. The molecule has 0 bridgehead atoms. The molecule has 0 spiro atoms. The van der Waals surface area contributed by atoms with Crippen molar-refractivity contribution in [3.63, 3.8) is 0 Å². The van der Waals surface area contributed by atoms with E-state index in [0.29, 0.717) is 5.70 Å². The van der Waals surface area contributed by atoms with Gasteiger partial charge >= 0.3 is 5.97 Å². The summed E-state index contributed by atoms with van der Waals surface area (Å²) in [7, 11) is 1.49. The molecule has 0 radical (unpaired) electrons. The highest BCUT2D eigenvalue weighted by atomic mass is 35.5. The van der Waals surface area contributed by atoms with Crippen molar-refractivity contribution < 1.29 is 23.5 Å². The standard InChI is InChI=1S/C16H17ClFNO4/c1-9-14(16(21)23-7-6-22-2)10(8-13(20)19-9)15-11(17)4-3-5-12(15)18/h3-5,10H,6-8H2,1-2H3,(H,19,20). The second-order valence-electron chi connectivity index (χ2n) is 5.11. The Morgan fingerprint density at radius 2 is 2.17 bits per heavy atom. The van der Waals surface area contributed by atoms with Crippen LogP contribution in [0.2, 0.25) is 5.02 Å². The molecule has 0 saturated heterocycles. The summed E-state index contributed by atoms with van der Waals surface area (Å²) in [5.74, 6) is -2.27. The lowest BCUT2D eigenvalue weighted by atomic mass is 9.84. The minimum absolute atomic E-state index is 0.0672. The maximum absolute atomic E-state index is 14.2. The fraction of sp³-hybridized carbons (Fsp3) is 0.375. The summed E-state index contributed by atoms with van der Waals surface area (Å²) in [5.41, 5.74) is 0.669. The first kappa shape index (κ1) is 17.4. The fourth-order valence-electron chi connectivity index (χ4n) is 2.56. The Morgan fingerprint density at radius 1 is 1.43 bits per heavy atom. The number of carbonyl (C=O) groups excluding carboxylic acids is 2. The molecule has 1 N–H and O–H groups in total. The van der Waals surface area contributed by atoms with E-state index in [0.717, 1.165) is 0 Å². The maximum Gasteiger partial charge on any atom is 0.336 e. The number of allylic oxidation sites excluding steroid dienone is 1. The van der Waals surface area contributed by atoms with Crippen LogP contribution < -0.4 is 5.32 Å². The Labute approximate surface area is 138 Å². The van der Waals surface area contributed by atoms with Gasteiger partial charge in [-0.25, -0.2) is 9.18 Å². The first-order valence-electron chi connectivity index (χ1n) is 7.06. The van der Waals surface area contributed by atoms with E-state index in [1.807, 2.05) is 0 Å². The lowest BCUT2D eigenvalue weighted by Gasteiger charge is -2.27. The van der Waals surface area contributed by atoms with Gasteiger partial charge in [-0.2, -0.15) is 0 Å². The van der Waals surface area contributed by atoms with Gasteiger partial charge in [0.2, 0.25) is 5.91 Å². The van der Waals surface area contributed by atoms with Crippen molar-refractivity contribution in [1.82, 2.24) is 5.32 Å². The highest BCUT2D eigenvalue weighted by Crippen LogP contribution is 2.38. The summed E-state index contributed by atoms with van der Waals surface area (Å²) in [4.78, 5) is 24.2. The molecule has 0 aromatic heterocycles. The van der Waals surface area contributed by atoms with Crippen LogP contribution in [0.3, 0.4) is 0 Å². The van der Waals surface area contributed by atoms with Crippen LogP contribution in [0, 0.1) is 5.82 Å². The zero-order valence-corrected chi connectivity index (χ0v) is 13.6. The highest BCUT2D eigenvalue weighted by Gasteiger charge is 2.35. The van der Waals surface area contributed by atoms with E-state index in [1.54, 1.807) is 6.92 Å². The van der Waals surface area contributed by atoms with Gasteiger partial charge in [0.1, 0.15) is 12.4 Å². The zero-order chi connectivity index (χ0) is 17.0. The van der Waals surface area contributed by atoms with Gasteiger partial charge in [-0.15, -0.1) is 0 Å². The number of hydrogen-bond acceptors (Lipinski definition) is 4. The molecule has 1 aliphatic heterocycles. The molecule has 1 atom stereocenters. The van der Waals surface area contributed by atoms with Crippen LogP contribution in [0.15, 0.2) is 29.5 Å². The first-order valence-corrected chi connectivity index (χ1v) is 7.44. The quantitative estimate of drug-likeness (QED) is 0.660. The van der Waals surface area contributed by atoms with Crippen LogP contribution >= 0.6 is 11.6 Å². The number of ether oxygens (including phenoxy) is 2. The number of carbonyl (C=O) groups is 2. The van der Waals surface area contributed by atoms with Crippen molar-refractivity contribution in [2.45, 2.75) is 19.3 Å². The van der Waals surface area contributed by atoms with Crippen LogP contribution in [-0.2, 0) is 19.1 Å². The summed E-state index contributed by atoms with van der Waals surface area (Å²) in [6, 6.07) is 4.24. The molecule has 0 saturated carbocycles. The third kappa shape index (κ3) is 3.89. The first-order chi connectivity index (χ1) is 11.0. The number of methoxy groups -OCH3 is 1. The number of halogens is 2. The van der Waals surface area contributed by atoms with Gasteiger partial charge in [0.25, 0.3) is 0 Å². The topological polar surface area (TPSA) is 64.6 Å². The molecule has 124 valence electrons. The average Bonchev–Trinajstić information content (AvgIpc) is 2.46. The van der Waals surface area contributed by atoms with Gasteiger partial charge in [0, 0.05) is 35.7 Å². The average molecular weight is 342 g/mol. The van der Waals surface area contributed by atoms with E-state index in [-0.39, 0.29) is 41.7 Å². The number of hydrogen-bond donors (Lipinski definition) is 1. The summed E-state index contributed by atoms with van der Waals surface area (Å²) < 4.78 is 24.2. The van der Waals surface area contributed by atoms with Crippen molar-refractivity contribution in [2.75, 3.05) is 20.3 Å². The van der Waals surface area contributed by atoms with Crippen molar-refractivity contribution in [2.24, 2.45) is 0 Å². The Morgan fingerprint density at radius 3 is 2.83 bits per heavy atom. The van der Waals surface area contributed by atoms with Crippen LogP contribution in [0.25, 0.3) is 0 Å².